The third-order valence-electron chi connectivity index (χ3n) is 4.22. The molecule has 0 saturated heterocycles. The van der Waals surface area contributed by atoms with E-state index in [1.807, 2.05) is 0 Å². The van der Waals surface area contributed by atoms with E-state index in [4.69, 9.17) is 0 Å². The first-order valence-corrected chi connectivity index (χ1v) is 7.06. The van der Waals surface area contributed by atoms with E-state index in [9.17, 15) is 30.6 Å². The first kappa shape index (κ1) is 14.1. The van der Waals surface area contributed by atoms with Gasteiger partial charge in [0, 0.05) is 5.39 Å². The van der Waals surface area contributed by atoms with Crippen molar-refractivity contribution in [3.05, 3.63) is 36.4 Å². The molecule has 6 heteroatoms. The highest BCUT2D eigenvalue weighted by atomic mass is 16.3. The summed E-state index contributed by atoms with van der Waals surface area (Å²) in [6, 6.07) is 8.36. The lowest BCUT2D eigenvalue weighted by Crippen LogP contribution is -1.86. The van der Waals surface area contributed by atoms with Crippen molar-refractivity contribution in [3.63, 3.8) is 0 Å². The van der Waals surface area contributed by atoms with E-state index in [1.54, 1.807) is 6.07 Å². The molecule has 0 aliphatic heterocycles. The Kier molecular flexibility index (Phi) is 2.63. The highest BCUT2D eigenvalue weighted by Crippen LogP contribution is 2.48. The monoisotopic (exact) mass is 324 g/mol. The van der Waals surface area contributed by atoms with Crippen LogP contribution in [0.5, 0.6) is 34.5 Å². The minimum atomic E-state index is -0.653. The predicted molar refractivity (Wildman–Crippen MR) is 88.9 cm³/mol. The second kappa shape index (κ2) is 4.48. The Bertz CT molecular complexity index is 1160. The minimum Gasteiger partial charge on any atom is -0.508 e. The molecule has 0 unspecified atom stereocenters. The van der Waals surface area contributed by atoms with Crippen LogP contribution >= 0.6 is 0 Å². The van der Waals surface area contributed by atoms with Gasteiger partial charge in [0.2, 0.25) is 5.75 Å². The summed E-state index contributed by atoms with van der Waals surface area (Å²) in [6.45, 7) is 0. The Hall–Kier alpha value is -3.54. The van der Waals surface area contributed by atoms with Crippen molar-refractivity contribution in [3.8, 4) is 34.5 Å². The summed E-state index contributed by atoms with van der Waals surface area (Å²) in [7, 11) is 0. The number of phenolic OH excluding ortho intramolecular Hbond substituents is 6. The van der Waals surface area contributed by atoms with Crippen LogP contribution in [0.25, 0.3) is 32.3 Å². The van der Waals surface area contributed by atoms with Crippen LogP contribution in [0.3, 0.4) is 0 Å². The van der Waals surface area contributed by atoms with Gasteiger partial charge < -0.3 is 30.6 Å². The Morgan fingerprint density at radius 1 is 0.458 bits per heavy atom. The average Bonchev–Trinajstić information content (AvgIpc) is 2.54. The number of rotatable bonds is 0. The molecule has 4 aromatic rings. The van der Waals surface area contributed by atoms with Crippen LogP contribution < -0.4 is 0 Å². The minimum absolute atomic E-state index is 0.0156. The Morgan fingerprint density at radius 2 is 1.00 bits per heavy atom. The van der Waals surface area contributed by atoms with Gasteiger partial charge in [-0.05, 0) is 63.3 Å². The fourth-order valence-corrected chi connectivity index (χ4v) is 3.13. The molecule has 6 nitrogen and oxygen atoms in total. The van der Waals surface area contributed by atoms with E-state index in [1.165, 1.54) is 30.3 Å². The summed E-state index contributed by atoms with van der Waals surface area (Å²) >= 11 is 0. The van der Waals surface area contributed by atoms with Gasteiger partial charge in [0.15, 0.2) is 23.0 Å². The van der Waals surface area contributed by atoms with Crippen LogP contribution in [0.1, 0.15) is 0 Å². The largest absolute Gasteiger partial charge is 0.508 e. The van der Waals surface area contributed by atoms with Gasteiger partial charge in [0.25, 0.3) is 0 Å². The Morgan fingerprint density at radius 3 is 1.67 bits per heavy atom. The van der Waals surface area contributed by atoms with Crippen molar-refractivity contribution in [1.29, 1.82) is 0 Å². The van der Waals surface area contributed by atoms with Crippen molar-refractivity contribution in [1.82, 2.24) is 0 Å². The molecule has 0 radical (unpaired) electrons. The molecule has 0 spiro atoms. The fraction of sp³-hybridized carbons (Fsp3) is 0. The summed E-state index contributed by atoms with van der Waals surface area (Å²) < 4.78 is 0. The molecular formula is C18H12O6. The lowest BCUT2D eigenvalue weighted by atomic mass is 9.93. The van der Waals surface area contributed by atoms with E-state index in [2.05, 4.69) is 0 Å². The van der Waals surface area contributed by atoms with Crippen molar-refractivity contribution in [2.75, 3.05) is 0 Å². The summed E-state index contributed by atoms with van der Waals surface area (Å²) in [6.07, 6.45) is 0. The summed E-state index contributed by atoms with van der Waals surface area (Å²) in [5, 5.41) is 62.0. The molecule has 0 saturated carbocycles. The van der Waals surface area contributed by atoms with Crippen molar-refractivity contribution in [2.24, 2.45) is 0 Å². The lowest BCUT2D eigenvalue weighted by molar-refractivity contribution is 0.371. The van der Waals surface area contributed by atoms with Gasteiger partial charge >= 0.3 is 0 Å². The molecule has 0 amide bonds. The average molecular weight is 324 g/mol. The molecular weight excluding hydrogens is 312 g/mol. The smallest absolute Gasteiger partial charge is 0.200 e. The third-order valence-corrected chi connectivity index (χ3v) is 4.22. The van der Waals surface area contributed by atoms with E-state index >= 15 is 0 Å². The molecule has 120 valence electrons. The third kappa shape index (κ3) is 1.70. The maximum Gasteiger partial charge on any atom is 0.200 e. The fourth-order valence-electron chi connectivity index (χ4n) is 3.13. The van der Waals surface area contributed by atoms with Gasteiger partial charge in [-0.1, -0.05) is 0 Å². The number of hydrogen-bond donors (Lipinski definition) is 6. The van der Waals surface area contributed by atoms with Crippen LogP contribution in [0.2, 0.25) is 0 Å². The first-order chi connectivity index (χ1) is 11.4. The standard InChI is InChI=1S/C18H12O6/c19-7-1-2-8-9(3-7)10-4-13(20)14(21)5-11(10)12-6-15(22)17(23)18(24)16(8)12/h1-6,19-24H. The van der Waals surface area contributed by atoms with Gasteiger partial charge in [-0.15, -0.1) is 0 Å². The van der Waals surface area contributed by atoms with Crippen molar-refractivity contribution >= 4 is 32.3 Å². The molecule has 24 heavy (non-hydrogen) atoms. The molecule has 0 fully saturated rings. The van der Waals surface area contributed by atoms with Crippen LogP contribution in [0, 0.1) is 0 Å². The van der Waals surface area contributed by atoms with E-state index in [-0.39, 0.29) is 22.6 Å². The highest BCUT2D eigenvalue weighted by Gasteiger charge is 2.19. The zero-order valence-electron chi connectivity index (χ0n) is 12.1. The van der Waals surface area contributed by atoms with E-state index in [0.717, 1.165) is 0 Å². The van der Waals surface area contributed by atoms with Crippen LogP contribution in [-0.2, 0) is 0 Å². The number of aromatic hydroxyl groups is 6. The van der Waals surface area contributed by atoms with Crippen molar-refractivity contribution in [2.45, 2.75) is 0 Å². The van der Waals surface area contributed by atoms with Gasteiger partial charge in [-0.25, -0.2) is 0 Å². The number of phenols is 6. The molecule has 6 N–H and O–H groups in total. The molecule has 0 heterocycles. The van der Waals surface area contributed by atoms with E-state index in [0.29, 0.717) is 26.9 Å². The van der Waals surface area contributed by atoms with Gasteiger partial charge in [0.1, 0.15) is 5.75 Å². The van der Waals surface area contributed by atoms with Crippen LogP contribution in [-0.4, -0.2) is 30.6 Å². The maximum absolute atomic E-state index is 10.3. The van der Waals surface area contributed by atoms with Crippen molar-refractivity contribution < 1.29 is 30.6 Å². The second-order valence-electron chi connectivity index (χ2n) is 5.63. The SMILES string of the molecule is Oc1ccc2c(c1)c1cc(O)c(O)cc1c1cc(O)c(O)c(O)c21. The molecule has 4 aromatic carbocycles. The van der Waals surface area contributed by atoms with Gasteiger partial charge in [-0.2, -0.15) is 0 Å². The topological polar surface area (TPSA) is 121 Å². The molecule has 0 bridgehead atoms. The van der Waals surface area contributed by atoms with Crippen LogP contribution in [0.15, 0.2) is 36.4 Å². The summed E-state index contributed by atoms with van der Waals surface area (Å²) in [4.78, 5) is 0. The summed E-state index contributed by atoms with van der Waals surface area (Å²) in [5.74, 6) is -2.38. The van der Waals surface area contributed by atoms with E-state index < -0.39 is 17.2 Å². The molecule has 0 aliphatic carbocycles. The van der Waals surface area contributed by atoms with Gasteiger partial charge in [-0.3, -0.25) is 0 Å². The Labute approximate surface area is 134 Å². The predicted octanol–water partition coefficient (Wildman–Crippen LogP) is 3.38. The molecule has 0 atom stereocenters. The zero-order chi connectivity index (χ0) is 17.2. The number of hydrogen-bond acceptors (Lipinski definition) is 6. The Balaban J connectivity index is 2.43. The normalized spacial score (nSPS) is 11.5. The molecule has 4 rings (SSSR count). The molecule has 0 aromatic heterocycles. The summed E-state index contributed by atoms with van der Waals surface area (Å²) in [5.41, 5.74) is 0. The number of fused-ring (bicyclic) bond motifs is 6. The van der Waals surface area contributed by atoms with Crippen LogP contribution in [0.4, 0.5) is 0 Å². The number of benzene rings is 4. The maximum atomic E-state index is 10.3. The second-order valence-corrected chi connectivity index (χ2v) is 5.63. The lowest BCUT2D eigenvalue weighted by Gasteiger charge is -2.14. The van der Waals surface area contributed by atoms with Gasteiger partial charge in [0.05, 0.1) is 0 Å². The first-order valence-electron chi connectivity index (χ1n) is 7.06. The highest BCUT2D eigenvalue weighted by molar-refractivity contribution is 6.28. The quantitative estimate of drug-likeness (QED) is 0.218. The zero-order valence-corrected chi connectivity index (χ0v) is 12.1. The molecule has 0 aliphatic rings.